The first-order valence-corrected chi connectivity index (χ1v) is 13.1. The average molecular weight is 501 g/mol. The topological polar surface area (TPSA) is 105 Å². The lowest BCUT2D eigenvalue weighted by Crippen LogP contribution is -2.43. The van der Waals surface area contributed by atoms with Crippen LogP contribution in [0.5, 0.6) is 0 Å². The number of nitrogens with one attached hydrogen (secondary N) is 2. The van der Waals surface area contributed by atoms with Gasteiger partial charge in [-0.15, -0.1) is 0 Å². The molecule has 1 rings (SSSR count). The van der Waals surface area contributed by atoms with Crippen molar-refractivity contribution < 1.29 is 24.2 Å². The molecule has 1 aliphatic heterocycles. The summed E-state index contributed by atoms with van der Waals surface area (Å²) in [5.74, 6) is -1.87. The Kier molecular flexibility index (Phi) is 16.7. The van der Waals surface area contributed by atoms with Gasteiger partial charge in [-0.05, 0) is 31.8 Å². The first-order chi connectivity index (χ1) is 17.3. The van der Waals surface area contributed by atoms with E-state index in [2.05, 4.69) is 23.6 Å². The Morgan fingerprint density at radius 1 is 1.08 bits per heavy atom. The van der Waals surface area contributed by atoms with Crippen molar-refractivity contribution in [2.75, 3.05) is 13.1 Å². The van der Waals surface area contributed by atoms with Gasteiger partial charge in [0.05, 0.1) is 18.4 Å². The summed E-state index contributed by atoms with van der Waals surface area (Å²) < 4.78 is 5.57. The molecule has 1 aliphatic rings. The van der Waals surface area contributed by atoms with Gasteiger partial charge in [0.1, 0.15) is 6.10 Å². The van der Waals surface area contributed by atoms with Gasteiger partial charge in [0, 0.05) is 19.2 Å². The molecule has 2 amide bonds. The second-order valence-electron chi connectivity index (χ2n) is 9.08. The van der Waals surface area contributed by atoms with Gasteiger partial charge in [0.2, 0.25) is 11.8 Å². The molecule has 0 saturated carbocycles. The molecule has 7 heteroatoms. The number of unbranched alkanes of at least 4 members (excludes halogenated alkanes) is 5. The minimum Gasteiger partial charge on any atom is -0.454 e. The fourth-order valence-electron chi connectivity index (χ4n) is 3.45. The highest BCUT2D eigenvalue weighted by Gasteiger charge is 2.24. The van der Waals surface area contributed by atoms with Crippen molar-refractivity contribution in [3.05, 3.63) is 60.3 Å². The van der Waals surface area contributed by atoms with Crippen LogP contribution in [0.15, 0.2) is 60.3 Å². The Balaban J connectivity index is 2.87. The molecule has 0 aromatic rings. The van der Waals surface area contributed by atoms with E-state index in [-0.39, 0.29) is 24.8 Å². The van der Waals surface area contributed by atoms with Crippen molar-refractivity contribution in [3.63, 3.8) is 0 Å². The van der Waals surface area contributed by atoms with Gasteiger partial charge >= 0.3 is 5.97 Å². The van der Waals surface area contributed by atoms with Crippen molar-refractivity contribution in [2.45, 2.75) is 84.3 Å². The smallest absolute Gasteiger partial charge is 0.331 e. The second-order valence-corrected chi connectivity index (χ2v) is 9.08. The van der Waals surface area contributed by atoms with Crippen molar-refractivity contribution in [1.29, 1.82) is 0 Å². The number of amides is 2. The number of carbonyl (C=O) groups excluding carboxylic acids is 3. The molecule has 0 radical (unpaired) electrons. The molecule has 0 saturated heterocycles. The van der Waals surface area contributed by atoms with Crippen LogP contribution in [-0.2, 0) is 19.1 Å². The van der Waals surface area contributed by atoms with Crippen LogP contribution in [0.25, 0.3) is 0 Å². The van der Waals surface area contributed by atoms with E-state index in [1.165, 1.54) is 31.8 Å². The second kappa shape index (κ2) is 19.3. The summed E-state index contributed by atoms with van der Waals surface area (Å²) in [5.41, 5.74) is 0.742. The number of carbonyl (C=O) groups is 3. The number of aliphatic hydroxyl groups is 1. The third-order valence-electron chi connectivity index (χ3n) is 5.92. The third-order valence-corrected chi connectivity index (χ3v) is 5.92. The summed E-state index contributed by atoms with van der Waals surface area (Å²) in [7, 11) is 0. The van der Waals surface area contributed by atoms with Crippen LogP contribution in [-0.4, -0.2) is 48.2 Å². The predicted molar refractivity (Wildman–Crippen MR) is 144 cm³/mol. The van der Waals surface area contributed by atoms with Crippen LogP contribution >= 0.6 is 0 Å². The van der Waals surface area contributed by atoms with Crippen LogP contribution in [0.3, 0.4) is 0 Å². The molecular weight excluding hydrogens is 456 g/mol. The number of hydrogen-bond acceptors (Lipinski definition) is 5. The molecular formula is C29H44N2O5. The SMILES string of the molecule is CCCCCCC/C=C/C=C(\C)C1CC(=O)NC[C@H](O)[C@@H](C)C(=O)NCC/C=C/C=C/C=C/C(=O)O1. The van der Waals surface area contributed by atoms with E-state index in [0.29, 0.717) is 13.0 Å². The number of ether oxygens (including phenoxy) is 1. The van der Waals surface area contributed by atoms with Crippen molar-refractivity contribution in [2.24, 2.45) is 5.92 Å². The van der Waals surface area contributed by atoms with E-state index in [0.717, 1.165) is 18.4 Å². The van der Waals surface area contributed by atoms with Gasteiger partial charge < -0.3 is 20.5 Å². The molecule has 0 aromatic heterocycles. The zero-order valence-corrected chi connectivity index (χ0v) is 22.1. The van der Waals surface area contributed by atoms with Crippen molar-refractivity contribution >= 4 is 17.8 Å². The van der Waals surface area contributed by atoms with Crippen LogP contribution in [0.2, 0.25) is 0 Å². The molecule has 1 unspecified atom stereocenters. The Bertz CT molecular complexity index is 826. The molecule has 0 spiro atoms. The molecule has 3 atom stereocenters. The van der Waals surface area contributed by atoms with Crippen LogP contribution in [0.4, 0.5) is 0 Å². The van der Waals surface area contributed by atoms with Gasteiger partial charge in [-0.3, -0.25) is 9.59 Å². The predicted octanol–water partition coefficient (Wildman–Crippen LogP) is 4.45. The van der Waals surface area contributed by atoms with E-state index in [1.807, 2.05) is 31.2 Å². The normalized spacial score (nSPS) is 26.2. The van der Waals surface area contributed by atoms with Crippen LogP contribution in [0, 0.1) is 5.92 Å². The summed E-state index contributed by atoms with van der Waals surface area (Å²) in [6.45, 7) is 6.01. The number of aliphatic hydroxyl groups excluding tert-OH is 1. The van der Waals surface area contributed by atoms with E-state index in [1.54, 1.807) is 25.2 Å². The fourth-order valence-corrected chi connectivity index (χ4v) is 3.45. The summed E-state index contributed by atoms with van der Waals surface area (Å²) in [6, 6.07) is 0. The zero-order valence-electron chi connectivity index (χ0n) is 22.1. The van der Waals surface area contributed by atoms with Crippen LogP contribution in [0.1, 0.15) is 72.1 Å². The van der Waals surface area contributed by atoms with Gasteiger partial charge in [-0.2, -0.15) is 0 Å². The molecule has 0 fully saturated rings. The van der Waals surface area contributed by atoms with Gasteiger partial charge in [0.15, 0.2) is 0 Å². The van der Waals surface area contributed by atoms with E-state index < -0.39 is 24.1 Å². The molecule has 0 aromatic carbocycles. The van der Waals surface area contributed by atoms with E-state index >= 15 is 0 Å². The monoisotopic (exact) mass is 500 g/mol. The minimum absolute atomic E-state index is 0.0709. The third kappa shape index (κ3) is 14.5. The summed E-state index contributed by atoms with van der Waals surface area (Å²) in [6.07, 6.45) is 21.8. The van der Waals surface area contributed by atoms with Gasteiger partial charge in [0.25, 0.3) is 0 Å². The van der Waals surface area contributed by atoms with Crippen molar-refractivity contribution in [3.8, 4) is 0 Å². The number of hydrogen-bond donors (Lipinski definition) is 3. The van der Waals surface area contributed by atoms with Crippen molar-refractivity contribution in [1.82, 2.24) is 10.6 Å². The van der Waals surface area contributed by atoms with Gasteiger partial charge in [-0.25, -0.2) is 4.79 Å². The number of β-amino-alcohol motifs (C(OH)–C–C–N with tert-alkyl or cyclic N) is 1. The number of allylic oxidation sites excluding steroid dienone is 7. The fraction of sp³-hybridized carbons (Fsp3) is 0.552. The number of cyclic esters (lactones) is 1. The maximum Gasteiger partial charge on any atom is 0.331 e. The lowest BCUT2D eigenvalue weighted by atomic mass is 10.0. The zero-order chi connectivity index (χ0) is 26.6. The number of esters is 1. The average Bonchev–Trinajstić information content (AvgIpc) is 2.86. The maximum atomic E-state index is 12.6. The van der Waals surface area contributed by atoms with Crippen LogP contribution < -0.4 is 10.6 Å². The summed E-state index contributed by atoms with van der Waals surface area (Å²) in [5, 5.41) is 15.8. The Labute approximate surface area is 216 Å². The molecule has 200 valence electrons. The maximum absolute atomic E-state index is 12.6. The quantitative estimate of drug-likeness (QED) is 0.259. The van der Waals surface area contributed by atoms with E-state index in [4.69, 9.17) is 4.74 Å². The first kappa shape index (κ1) is 31.1. The highest BCUT2D eigenvalue weighted by atomic mass is 16.5. The Hall–Kier alpha value is -2.93. The highest BCUT2D eigenvalue weighted by Crippen LogP contribution is 2.13. The van der Waals surface area contributed by atoms with Gasteiger partial charge in [-0.1, -0.05) is 88.1 Å². The summed E-state index contributed by atoms with van der Waals surface area (Å²) >= 11 is 0. The standard InChI is InChI=1S/C29H44N2O5/c1-4-5-6-7-8-9-12-15-18-23(2)26-21-27(33)31-22-25(32)24(3)29(35)30-20-17-14-11-10-13-16-19-28(34)36-26/h10-16,18-19,24-26,32H,4-9,17,20-22H2,1-3H3,(H,30,35)(H,31,33)/b13-10+,14-11+,15-12+,19-16+,23-18+/t24-,25+,26?/m1/s1. The Morgan fingerprint density at radius 2 is 1.83 bits per heavy atom. The van der Waals surface area contributed by atoms with E-state index in [9.17, 15) is 19.5 Å². The minimum atomic E-state index is -1.03. The number of rotatable bonds is 8. The lowest BCUT2D eigenvalue weighted by Gasteiger charge is -2.21. The molecule has 36 heavy (non-hydrogen) atoms. The molecule has 0 aliphatic carbocycles. The lowest BCUT2D eigenvalue weighted by molar-refractivity contribution is -0.143. The molecule has 1 heterocycles. The molecule has 0 bridgehead atoms. The highest BCUT2D eigenvalue weighted by molar-refractivity contribution is 5.83. The Morgan fingerprint density at radius 3 is 2.61 bits per heavy atom. The largest absolute Gasteiger partial charge is 0.454 e. The molecule has 7 nitrogen and oxygen atoms in total. The first-order valence-electron chi connectivity index (χ1n) is 13.1. The molecule has 3 N–H and O–H groups in total. The summed E-state index contributed by atoms with van der Waals surface area (Å²) in [4.78, 5) is 37.2.